The van der Waals surface area contributed by atoms with E-state index in [4.69, 9.17) is 44.3 Å². The number of hydrogen-bond donors (Lipinski definition) is 0. The molecule has 1 saturated heterocycles. The average molecular weight is 638 g/mol. The molecule has 0 aliphatic carbocycles. The van der Waals surface area contributed by atoms with E-state index in [1.54, 1.807) is 59.7 Å². The molecule has 4 aromatic carbocycles. The topological polar surface area (TPSA) is 65.4 Å². The third-order valence-electron chi connectivity index (χ3n) is 6.84. The van der Waals surface area contributed by atoms with Crippen LogP contribution in [0.1, 0.15) is 17.2 Å². The maximum Gasteiger partial charge on any atom is 0.144 e. The molecule has 7 rings (SSSR count). The van der Waals surface area contributed by atoms with Gasteiger partial charge in [-0.1, -0.05) is 65.1 Å². The van der Waals surface area contributed by atoms with Gasteiger partial charge in [0.1, 0.15) is 47.5 Å². The Morgan fingerprint density at radius 1 is 0.860 bits per heavy atom. The molecule has 0 spiro atoms. The van der Waals surface area contributed by atoms with Gasteiger partial charge in [-0.3, -0.25) is 4.98 Å². The van der Waals surface area contributed by atoms with E-state index in [1.807, 2.05) is 24.3 Å². The quantitative estimate of drug-likeness (QED) is 0.170. The molecule has 1 fully saturated rings. The predicted octanol–water partition coefficient (Wildman–Crippen LogP) is 9.21. The van der Waals surface area contributed by atoms with Gasteiger partial charge in [0.25, 0.3) is 0 Å². The van der Waals surface area contributed by atoms with Crippen molar-refractivity contribution in [3.63, 3.8) is 0 Å². The van der Waals surface area contributed by atoms with Crippen molar-refractivity contribution < 1.29 is 18.3 Å². The Labute approximate surface area is 260 Å². The largest absolute Gasteiger partial charge is 0.457 e. The van der Waals surface area contributed by atoms with E-state index in [-0.39, 0.29) is 17.7 Å². The summed E-state index contributed by atoms with van der Waals surface area (Å²) in [5.74, 6) is 0.467. The number of benzene rings is 4. The predicted molar refractivity (Wildman–Crippen MR) is 162 cm³/mol. The third-order valence-corrected chi connectivity index (χ3v) is 7.70. The summed E-state index contributed by atoms with van der Waals surface area (Å²) >= 11 is 18.4. The fourth-order valence-electron chi connectivity index (χ4n) is 4.79. The Morgan fingerprint density at radius 2 is 1.58 bits per heavy atom. The van der Waals surface area contributed by atoms with Crippen LogP contribution in [0.2, 0.25) is 15.1 Å². The zero-order chi connectivity index (χ0) is 30.0. The lowest BCUT2D eigenvalue weighted by Crippen LogP contribution is -2.19. The first-order chi connectivity index (χ1) is 20.8. The lowest BCUT2D eigenvalue weighted by atomic mass is 9.91. The number of rotatable bonds is 6. The van der Waals surface area contributed by atoms with Gasteiger partial charge in [0.15, 0.2) is 0 Å². The molecule has 2 atom stereocenters. The Morgan fingerprint density at radius 3 is 2.28 bits per heavy atom. The molecule has 43 heavy (non-hydrogen) atoms. The van der Waals surface area contributed by atoms with Gasteiger partial charge in [-0.05, 0) is 66.2 Å². The van der Waals surface area contributed by atoms with E-state index >= 15 is 0 Å². The van der Waals surface area contributed by atoms with Crippen LogP contribution in [0.25, 0.3) is 10.9 Å². The van der Waals surface area contributed by atoms with Gasteiger partial charge in [-0.25, -0.2) is 18.4 Å². The summed E-state index contributed by atoms with van der Waals surface area (Å²) < 4.78 is 39.7. The van der Waals surface area contributed by atoms with Crippen LogP contribution in [0.15, 0.2) is 110 Å². The molecule has 1 aliphatic rings. The summed E-state index contributed by atoms with van der Waals surface area (Å²) in [5.41, 5.74) is 1.83. The zero-order valence-electron chi connectivity index (χ0n) is 22.2. The monoisotopic (exact) mass is 636 g/mol. The van der Waals surface area contributed by atoms with Crippen LogP contribution in [-0.4, -0.2) is 19.7 Å². The first-order valence-corrected chi connectivity index (χ1v) is 14.1. The molecule has 6 nitrogen and oxygen atoms in total. The van der Waals surface area contributed by atoms with Gasteiger partial charge in [0.05, 0.1) is 22.5 Å². The summed E-state index contributed by atoms with van der Waals surface area (Å²) in [4.78, 5) is 8.18. The summed E-state index contributed by atoms with van der Waals surface area (Å²) in [6.07, 6.45) is 4.52. The van der Waals surface area contributed by atoms with E-state index < -0.39 is 5.60 Å². The molecule has 0 N–H and O–H groups in total. The van der Waals surface area contributed by atoms with E-state index in [2.05, 4.69) is 15.1 Å². The van der Waals surface area contributed by atoms with Crippen molar-refractivity contribution in [1.29, 1.82) is 0 Å². The van der Waals surface area contributed by atoms with Crippen LogP contribution >= 0.6 is 34.8 Å². The molecule has 0 amide bonds. The number of halogens is 5. The van der Waals surface area contributed by atoms with E-state index in [0.717, 1.165) is 11.1 Å². The summed E-state index contributed by atoms with van der Waals surface area (Å²) in [6, 6.07) is 24.7. The Kier molecular flexibility index (Phi) is 8.27. The molecule has 2 aromatic heterocycles. The number of hydrogen-bond acceptors (Lipinski definition) is 5. The minimum atomic E-state index is -0.619. The molecule has 216 valence electrons. The van der Waals surface area contributed by atoms with Gasteiger partial charge >= 0.3 is 0 Å². The van der Waals surface area contributed by atoms with Gasteiger partial charge < -0.3 is 9.47 Å². The van der Waals surface area contributed by atoms with Gasteiger partial charge in [0, 0.05) is 21.8 Å². The second kappa shape index (κ2) is 12.3. The van der Waals surface area contributed by atoms with Crippen molar-refractivity contribution >= 4 is 45.7 Å². The SMILES string of the molecule is Fc1ccc(C2(Cn3cncn3)OC2c2ccccc2Cl)cc1.Fc1ccc(Oc2ccnc3cc(Cl)cc(Cl)c23)cc1. The number of pyridine rings is 1. The molecule has 2 unspecified atom stereocenters. The van der Waals surface area contributed by atoms with Gasteiger partial charge in [-0.2, -0.15) is 5.10 Å². The Bertz CT molecular complexity index is 1870. The van der Waals surface area contributed by atoms with Crippen molar-refractivity contribution in [3.05, 3.63) is 148 Å². The highest BCUT2D eigenvalue weighted by Gasteiger charge is 2.59. The van der Waals surface area contributed by atoms with Crippen LogP contribution in [0, 0.1) is 11.6 Å². The van der Waals surface area contributed by atoms with Crippen molar-refractivity contribution in [2.75, 3.05) is 0 Å². The van der Waals surface area contributed by atoms with Crippen LogP contribution < -0.4 is 4.74 Å². The van der Waals surface area contributed by atoms with E-state index in [1.165, 1.54) is 30.6 Å². The number of epoxide rings is 1. The maximum absolute atomic E-state index is 13.3. The molecule has 3 heterocycles. The minimum absolute atomic E-state index is 0.203. The highest BCUT2D eigenvalue weighted by molar-refractivity contribution is 6.39. The summed E-state index contributed by atoms with van der Waals surface area (Å²) in [6.45, 7) is 0.481. The van der Waals surface area contributed by atoms with Crippen LogP contribution in [-0.2, 0) is 16.9 Å². The smallest absolute Gasteiger partial charge is 0.144 e. The first-order valence-electron chi connectivity index (χ1n) is 13.0. The third kappa shape index (κ3) is 6.33. The first kappa shape index (κ1) is 29.0. The van der Waals surface area contributed by atoms with Crippen molar-refractivity contribution in [3.8, 4) is 11.5 Å². The molecule has 1 aliphatic heterocycles. The summed E-state index contributed by atoms with van der Waals surface area (Å²) in [5, 5.41) is 6.44. The lowest BCUT2D eigenvalue weighted by Gasteiger charge is -2.14. The number of fused-ring (bicyclic) bond motifs is 1. The standard InChI is InChI=1S/C17H13ClFN3O.C15H8Cl2FNO/c18-15-4-2-1-3-14(15)16-17(23-16,9-22-11-20-10-21-22)12-5-7-13(19)8-6-12;16-9-7-12(17)15-13(8-9)19-6-5-14(15)20-11-3-1-10(18)2-4-11/h1-8,10-11,16H,9H2;1-8H. The molecule has 0 saturated carbocycles. The second-order valence-electron chi connectivity index (χ2n) is 9.66. The van der Waals surface area contributed by atoms with Crippen molar-refractivity contribution in [1.82, 2.24) is 19.7 Å². The molecule has 0 radical (unpaired) electrons. The summed E-state index contributed by atoms with van der Waals surface area (Å²) in [7, 11) is 0. The van der Waals surface area contributed by atoms with Crippen molar-refractivity contribution in [2.24, 2.45) is 0 Å². The van der Waals surface area contributed by atoms with E-state index in [0.29, 0.717) is 44.0 Å². The van der Waals surface area contributed by atoms with Crippen LogP contribution in [0.4, 0.5) is 8.78 Å². The van der Waals surface area contributed by atoms with Crippen LogP contribution in [0.5, 0.6) is 11.5 Å². The molecule has 0 bridgehead atoms. The van der Waals surface area contributed by atoms with Gasteiger partial charge in [-0.15, -0.1) is 0 Å². The minimum Gasteiger partial charge on any atom is -0.457 e. The number of ether oxygens (including phenoxy) is 2. The Balaban J connectivity index is 0.000000155. The molecule has 11 heteroatoms. The fourth-order valence-corrected chi connectivity index (χ4v) is 5.60. The number of nitrogens with zero attached hydrogens (tertiary/aromatic N) is 4. The molecular formula is C32H21Cl3F2N4O2. The average Bonchev–Trinajstić information content (AvgIpc) is 3.46. The van der Waals surface area contributed by atoms with Crippen molar-refractivity contribution in [2.45, 2.75) is 18.2 Å². The second-order valence-corrected chi connectivity index (χ2v) is 10.9. The fraction of sp³-hybridized carbons (Fsp3) is 0.0938. The highest BCUT2D eigenvalue weighted by Crippen LogP contribution is 2.59. The maximum atomic E-state index is 13.3. The molecule has 6 aromatic rings. The lowest BCUT2D eigenvalue weighted by molar-refractivity contribution is 0.262. The van der Waals surface area contributed by atoms with Gasteiger partial charge in [0.2, 0.25) is 0 Å². The number of aromatic nitrogens is 4. The Hall–Kier alpha value is -4.08. The normalized spacial score (nSPS) is 17.3. The molecular weight excluding hydrogens is 617 g/mol. The zero-order valence-corrected chi connectivity index (χ0v) is 24.4. The van der Waals surface area contributed by atoms with Crippen LogP contribution in [0.3, 0.4) is 0 Å². The highest BCUT2D eigenvalue weighted by atomic mass is 35.5. The van der Waals surface area contributed by atoms with E-state index in [9.17, 15) is 8.78 Å².